The van der Waals surface area contributed by atoms with Crippen LogP contribution >= 0.6 is 0 Å². The summed E-state index contributed by atoms with van der Waals surface area (Å²) in [6.45, 7) is 0. The first-order valence-corrected chi connectivity index (χ1v) is 6.22. The van der Waals surface area contributed by atoms with Gasteiger partial charge in [0.05, 0.1) is 6.33 Å². The summed E-state index contributed by atoms with van der Waals surface area (Å²) in [4.78, 5) is 14.7. The zero-order valence-corrected chi connectivity index (χ0v) is 10.6. The van der Waals surface area contributed by atoms with Gasteiger partial charge in [-0.2, -0.15) is 0 Å². The molecule has 1 aromatic carbocycles. The molecule has 1 atom stereocenters. The highest BCUT2D eigenvalue weighted by Gasteiger charge is 2.10. The highest BCUT2D eigenvalue weighted by molar-refractivity contribution is 5.90. The number of imidazole rings is 1. The number of amides is 1. The third-order valence-electron chi connectivity index (χ3n) is 2.97. The third-order valence-corrected chi connectivity index (χ3v) is 2.97. The molecular weight excluding hydrogens is 242 g/mol. The van der Waals surface area contributed by atoms with Gasteiger partial charge in [0.1, 0.15) is 11.9 Å². The van der Waals surface area contributed by atoms with Crippen molar-refractivity contribution in [3.05, 3.63) is 54.1 Å². The quantitative estimate of drug-likeness (QED) is 0.824. The van der Waals surface area contributed by atoms with Gasteiger partial charge in [-0.25, -0.2) is 4.98 Å². The van der Waals surface area contributed by atoms with Crippen molar-refractivity contribution in [2.75, 3.05) is 0 Å². The van der Waals surface area contributed by atoms with Gasteiger partial charge >= 0.3 is 0 Å². The first kappa shape index (κ1) is 13.3. The van der Waals surface area contributed by atoms with Crippen LogP contribution in [0, 0.1) is 0 Å². The molecule has 19 heavy (non-hydrogen) atoms. The van der Waals surface area contributed by atoms with Crippen molar-refractivity contribution < 1.29 is 9.90 Å². The van der Waals surface area contributed by atoms with Gasteiger partial charge in [-0.05, 0) is 24.8 Å². The smallest absolute Gasteiger partial charge is 0.268 e. The van der Waals surface area contributed by atoms with E-state index in [0.717, 1.165) is 12.8 Å². The van der Waals surface area contributed by atoms with Gasteiger partial charge in [-0.15, -0.1) is 0 Å². The Labute approximate surface area is 111 Å². The predicted octanol–water partition coefficient (Wildman–Crippen LogP) is 1.50. The van der Waals surface area contributed by atoms with Crippen LogP contribution in [0.2, 0.25) is 0 Å². The molecule has 0 fully saturated rings. The van der Waals surface area contributed by atoms with E-state index in [9.17, 15) is 9.90 Å². The molecule has 3 N–H and O–H groups in total. The van der Waals surface area contributed by atoms with E-state index in [0.29, 0.717) is 6.42 Å². The maximum absolute atomic E-state index is 10.9. The first-order valence-electron chi connectivity index (χ1n) is 6.22. The maximum atomic E-state index is 10.9. The number of rotatable bonds is 6. The normalized spacial score (nSPS) is 12.3. The van der Waals surface area contributed by atoms with Gasteiger partial charge in [0.2, 0.25) is 0 Å². The van der Waals surface area contributed by atoms with E-state index in [4.69, 9.17) is 5.73 Å². The molecule has 1 amide bonds. The van der Waals surface area contributed by atoms with E-state index >= 15 is 0 Å². The molecule has 5 heteroatoms. The molecule has 0 radical (unpaired) electrons. The SMILES string of the molecule is NC(=O)c1cn(C(O)CCCc2ccccc2)cn1. The van der Waals surface area contributed by atoms with Crippen LogP contribution < -0.4 is 5.73 Å². The maximum Gasteiger partial charge on any atom is 0.268 e. The molecule has 0 aliphatic rings. The number of hydrogen-bond acceptors (Lipinski definition) is 3. The standard InChI is InChI=1S/C14H17N3O2/c15-14(19)12-9-17(10-16-12)13(18)8-4-7-11-5-2-1-3-6-11/h1-3,5-6,9-10,13,18H,4,7-8H2,(H2,15,19). The number of primary amides is 1. The van der Waals surface area contributed by atoms with Crippen molar-refractivity contribution in [3.8, 4) is 0 Å². The van der Waals surface area contributed by atoms with Gasteiger partial charge in [0.15, 0.2) is 0 Å². The van der Waals surface area contributed by atoms with Gasteiger partial charge in [-0.3, -0.25) is 4.79 Å². The Morgan fingerprint density at radius 2 is 2.11 bits per heavy atom. The molecular formula is C14H17N3O2. The number of nitrogens with zero attached hydrogens (tertiary/aromatic N) is 2. The molecule has 0 bridgehead atoms. The van der Waals surface area contributed by atoms with Crippen molar-refractivity contribution in [2.24, 2.45) is 5.73 Å². The number of aliphatic hydroxyl groups excluding tert-OH is 1. The lowest BCUT2D eigenvalue weighted by atomic mass is 10.1. The molecule has 1 unspecified atom stereocenters. The Morgan fingerprint density at radius 3 is 2.74 bits per heavy atom. The Bertz CT molecular complexity index is 537. The summed E-state index contributed by atoms with van der Waals surface area (Å²) in [5.74, 6) is -0.588. The minimum atomic E-state index is -0.677. The van der Waals surface area contributed by atoms with E-state index in [-0.39, 0.29) is 5.69 Å². The lowest BCUT2D eigenvalue weighted by molar-refractivity contribution is 0.0918. The largest absolute Gasteiger partial charge is 0.373 e. The van der Waals surface area contributed by atoms with Gasteiger partial charge in [-0.1, -0.05) is 30.3 Å². The van der Waals surface area contributed by atoms with E-state index in [2.05, 4.69) is 17.1 Å². The average Bonchev–Trinajstić information content (AvgIpc) is 2.89. The number of hydrogen-bond donors (Lipinski definition) is 2. The summed E-state index contributed by atoms with van der Waals surface area (Å²) in [5, 5.41) is 9.96. The number of carbonyl (C=O) groups is 1. The molecule has 0 saturated carbocycles. The number of aryl methyl sites for hydroxylation is 1. The highest BCUT2D eigenvalue weighted by atomic mass is 16.3. The fourth-order valence-corrected chi connectivity index (χ4v) is 1.91. The zero-order chi connectivity index (χ0) is 13.7. The van der Waals surface area contributed by atoms with Crippen molar-refractivity contribution >= 4 is 5.91 Å². The van der Waals surface area contributed by atoms with E-state index < -0.39 is 12.1 Å². The molecule has 2 aromatic rings. The summed E-state index contributed by atoms with van der Waals surface area (Å²) in [6, 6.07) is 10.1. The number of aromatic nitrogens is 2. The molecule has 100 valence electrons. The molecule has 1 aromatic heterocycles. The lowest BCUT2D eigenvalue weighted by Gasteiger charge is -2.11. The number of nitrogens with two attached hydrogens (primary N) is 1. The van der Waals surface area contributed by atoms with Crippen molar-refractivity contribution in [2.45, 2.75) is 25.5 Å². The summed E-state index contributed by atoms with van der Waals surface area (Å²) >= 11 is 0. The Kier molecular flexibility index (Phi) is 4.30. The van der Waals surface area contributed by atoms with E-state index in [1.165, 1.54) is 22.7 Å². The Morgan fingerprint density at radius 1 is 1.37 bits per heavy atom. The minimum Gasteiger partial charge on any atom is -0.373 e. The van der Waals surface area contributed by atoms with Crippen LogP contribution in [0.25, 0.3) is 0 Å². The molecule has 0 saturated heterocycles. The van der Waals surface area contributed by atoms with E-state index in [1.807, 2.05) is 18.2 Å². The second-order valence-electron chi connectivity index (χ2n) is 4.43. The minimum absolute atomic E-state index is 0.169. The van der Waals surface area contributed by atoms with Crippen LogP contribution in [0.4, 0.5) is 0 Å². The highest BCUT2D eigenvalue weighted by Crippen LogP contribution is 2.13. The number of aliphatic hydroxyl groups is 1. The fraction of sp³-hybridized carbons (Fsp3) is 0.286. The monoisotopic (exact) mass is 259 g/mol. The summed E-state index contributed by atoms with van der Waals surface area (Å²) < 4.78 is 1.51. The van der Waals surface area contributed by atoms with Crippen LogP contribution in [0.3, 0.4) is 0 Å². The van der Waals surface area contributed by atoms with Gasteiger partial charge in [0.25, 0.3) is 5.91 Å². The van der Waals surface area contributed by atoms with Crippen molar-refractivity contribution in [1.29, 1.82) is 0 Å². The summed E-state index contributed by atoms with van der Waals surface area (Å²) in [6.07, 6.45) is 4.58. The topological polar surface area (TPSA) is 81.1 Å². The van der Waals surface area contributed by atoms with Gasteiger partial charge < -0.3 is 15.4 Å². The third kappa shape index (κ3) is 3.66. The van der Waals surface area contributed by atoms with Crippen LogP contribution in [0.15, 0.2) is 42.9 Å². The Hall–Kier alpha value is -2.14. The number of carbonyl (C=O) groups excluding carboxylic acids is 1. The predicted molar refractivity (Wildman–Crippen MR) is 71.4 cm³/mol. The first-order chi connectivity index (χ1) is 9.16. The van der Waals surface area contributed by atoms with Crippen molar-refractivity contribution in [3.63, 3.8) is 0 Å². The van der Waals surface area contributed by atoms with Crippen LogP contribution in [-0.4, -0.2) is 20.6 Å². The summed E-state index contributed by atoms with van der Waals surface area (Å²) in [5.41, 5.74) is 6.52. The molecule has 2 rings (SSSR count). The summed E-state index contributed by atoms with van der Waals surface area (Å²) in [7, 11) is 0. The second-order valence-corrected chi connectivity index (χ2v) is 4.43. The van der Waals surface area contributed by atoms with Crippen LogP contribution in [0.5, 0.6) is 0 Å². The average molecular weight is 259 g/mol. The molecule has 0 aliphatic heterocycles. The van der Waals surface area contributed by atoms with E-state index in [1.54, 1.807) is 0 Å². The lowest BCUT2D eigenvalue weighted by Crippen LogP contribution is -2.11. The van der Waals surface area contributed by atoms with Crippen LogP contribution in [0.1, 0.15) is 35.1 Å². The van der Waals surface area contributed by atoms with Crippen LogP contribution in [-0.2, 0) is 6.42 Å². The number of benzene rings is 1. The molecule has 1 heterocycles. The fourth-order valence-electron chi connectivity index (χ4n) is 1.91. The second kappa shape index (κ2) is 6.15. The zero-order valence-electron chi connectivity index (χ0n) is 10.6. The Balaban J connectivity index is 1.83. The van der Waals surface area contributed by atoms with Crippen molar-refractivity contribution in [1.82, 2.24) is 9.55 Å². The molecule has 5 nitrogen and oxygen atoms in total. The molecule has 0 spiro atoms. The van der Waals surface area contributed by atoms with Gasteiger partial charge in [0, 0.05) is 6.20 Å². The molecule has 0 aliphatic carbocycles.